The van der Waals surface area contributed by atoms with Gasteiger partial charge in [-0.25, -0.2) is 9.67 Å². The number of hydrogen-bond acceptors (Lipinski definition) is 5. The number of benzene rings is 2. The van der Waals surface area contributed by atoms with Gasteiger partial charge in [-0.3, -0.25) is 14.2 Å². The lowest BCUT2D eigenvalue weighted by Gasteiger charge is -2.23. The van der Waals surface area contributed by atoms with Gasteiger partial charge in [0.2, 0.25) is 5.91 Å². The zero-order valence-electron chi connectivity index (χ0n) is 18.2. The van der Waals surface area contributed by atoms with Gasteiger partial charge < -0.3 is 4.90 Å². The van der Waals surface area contributed by atoms with Gasteiger partial charge in [0.1, 0.15) is 5.39 Å². The quantitative estimate of drug-likeness (QED) is 0.390. The Morgan fingerprint density at radius 2 is 2.03 bits per heavy atom. The molecule has 9 heteroatoms. The normalized spacial score (nSPS) is 15.1. The maximum absolute atomic E-state index is 13.4. The number of anilines is 1. The van der Waals surface area contributed by atoms with E-state index in [0.717, 1.165) is 16.9 Å². The molecule has 0 bridgehead atoms. The third-order valence-electron chi connectivity index (χ3n) is 5.78. The lowest BCUT2D eigenvalue weighted by atomic mass is 10.1. The van der Waals surface area contributed by atoms with Crippen LogP contribution in [0.3, 0.4) is 0 Å². The Balaban J connectivity index is 1.47. The number of fused-ring (bicyclic) bond motifs is 2. The highest BCUT2D eigenvalue weighted by atomic mass is 35.5. The number of carbonyl (C=O) groups is 1. The van der Waals surface area contributed by atoms with Crippen LogP contribution in [0.5, 0.6) is 0 Å². The number of carbonyl (C=O) groups excluding carboxylic acids is 1. The zero-order chi connectivity index (χ0) is 23.1. The molecule has 2 aromatic heterocycles. The Morgan fingerprint density at radius 3 is 2.76 bits per heavy atom. The molecule has 0 radical (unpaired) electrons. The van der Waals surface area contributed by atoms with Crippen LogP contribution in [-0.4, -0.2) is 37.5 Å². The lowest BCUT2D eigenvalue weighted by Crippen LogP contribution is -2.34. The molecule has 1 aliphatic heterocycles. The molecule has 5 rings (SSSR count). The van der Waals surface area contributed by atoms with Crippen LogP contribution in [0.25, 0.3) is 16.7 Å². The van der Waals surface area contributed by atoms with Crippen LogP contribution in [-0.2, 0) is 4.79 Å². The molecule has 0 saturated carbocycles. The van der Waals surface area contributed by atoms with Crippen LogP contribution in [0, 0.1) is 6.92 Å². The van der Waals surface area contributed by atoms with E-state index in [1.54, 1.807) is 32.5 Å². The number of nitrogens with zero attached hydrogens (tertiary/aromatic N) is 5. The molecule has 4 aromatic rings. The number of thioether (sulfide) groups is 1. The number of amides is 1. The van der Waals surface area contributed by atoms with Gasteiger partial charge in [-0.05, 0) is 55.8 Å². The molecule has 1 amide bonds. The van der Waals surface area contributed by atoms with Crippen LogP contribution >= 0.6 is 23.4 Å². The van der Waals surface area contributed by atoms with Crippen molar-refractivity contribution in [3.05, 3.63) is 75.7 Å². The summed E-state index contributed by atoms with van der Waals surface area (Å²) in [5.74, 6) is 0.616. The van der Waals surface area contributed by atoms with Crippen molar-refractivity contribution < 1.29 is 4.79 Å². The molecule has 1 atom stereocenters. The van der Waals surface area contributed by atoms with Crippen LogP contribution in [0.4, 0.5) is 5.69 Å². The third-order valence-corrected chi connectivity index (χ3v) is 7.13. The molecule has 1 unspecified atom stereocenters. The largest absolute Gasteiger partial charge is 0.313 e. The maximum Gasteiger partial charge on any atom is 0.265 e. The SMILES string of the molecule is CCN(C(=O)CC1CSc2nc3c(cnn3-c3ccc(Cl)cc3)c(=O)n21)c1cccc(C)c1. The Hall–Kier alpha value is -3.10. The number of aryl methyl sites for hydroxylation is 1. The molecule has 0 spiro atoms. The van der Waals surface area contributed by atoms with Crippen molar-refractivity contribution in [2.24, 2.45) is 0 Å². The first kappa shape index (κ1) is 21.7. The summed E-state index contributed by atoms with van der Waals surface area (Å²) in [6, 6.07) is 14.9. The minimum atomic E-state index is -0.250. The maximum atomic E-state index is 13.4. The summed E-state index contributed by atoms with van der Waals surface area (Å²) in [5, 5.41) is 6.05. The summed E-state index contributed by atoms with van der Waals surface area (Å²) in [5.41, 5.74) is 3.08. The van der Waals surface area contributed by atoms with E-state index >= 15 is 0 Å². The summed E-state index contributed by atoms with van der Waals surface area (Å²) in [4.78, 5) is 33.1. The summed E-state index contributed by atoms with van der Waals surface area (Å²) in [6.45, 7) is 4.53. The standard InChI is InChI=1S/C24H22ClN5O2S/c1-3-28(18-6-4-5-15(2)11-18)21(31)12-19-14-33-24-27-22-20(23(32)29(19)24)13-26-30(22)17-9-7-16(25)8-10-17/h4-11,13,19H,3,12,14H2,1-2H3. The van der Waals surface area contributed by atoms with Gasteiger partial charge in [-0.15, -0.1) is 0 Å². The fourth-order valence-electron chi connectivity index (χ4n) is 4.16. The van der Waals surface area contributed by atoms with Crippen molar-refractivity contribution in [2.75, 3.05) is 17.2 Å². The Morgan fingerprint density at radius 1 is 1.24 bits per heavy atom. The van der Waals surface area contributed by atoms with E-state index in [0.29, 0.717) is 33.5 Å². The molecule has 0 saturated heterocycles. The second kappa shape index (κ2) is 8.68. The molecular formula is C24H22ClN5O2S. The molecule has 33 heavy (non-hydrogen) atoms. The summed E-state index contributed by atoms with van der Waals surface area (Å²) < 4.78 is 3.30. The molecule has 1 aliphatic rings. The van der Waals surface area contributed by atoms with Crippen molar-refractivity contribution in [3.8, 4) is 5.69 Å². The van der Waals surface area contributed by atoms with Crippen LogP contribution < -0.4 is 10.5 Å². The Kier molecular flexibility index (Phi) is 5.72. The van der Waals surface area contributed by atoms with Crippen LogP contribution in [0.15, 0.2) is 64.7 Å². The van der Waals surface area contributed by atoms with E-state index in [-0.39, 0.29) is 23.9 Å². The van der Waals surface area contributed by atoms with Gasteiger partial charge in [-0.2, -0.15) is 5.10 Å². The molecular weight excluding hydrogens is 458 g/mol. The molecule has 0 N–H and O–H groups in total. The summed E-state index contributed by atoms with van der Waals surface area (Å²) >= 11 is 7.49. The molecule has 7 nitrogen and oxygen atoms in total. The van der Waals surface area contributed by atoms with E-state index in [4.69, 9.17) is 16.6 Å². The molecule has 3 heterocycles. The fourth-order valence-corrected chi connectivity index (χ4v) is 5.42. The van der Waals surface area contributed by atoms with Crippen molar-refractivity contribution in [2.45, 2.75) is 31.5 Å². The van der Waals surface area contributed by atoms with Gasteiger partial charge in [0.05, 0.1) is 17.9 Å². The van der Waals surface area contributed by atoms with Crippen molar-refractivity contribution in [3.63, 3.8) is 0 Å². The first-order valence-electron chi connectivity index (χ1n) is 10.7. The summed E-state index contributed by atoms with van der Waals surface area (Å²) in [7, 11) is 0. The van der Waals surface area contributed by atoms with E-state index in [1.807, 2.05) is 50.2 Å². The zero-order valence-corrected chi connectivity index (χ0v) is 19.8. The average Bonchev–Trinajstić information content (AvgIpc) is 3.40. The van der Waals surface area contributed by atoms with Crippen LogP contribution in [0.1, 0.15) is 24.9 Å². The lowest BCUT2D eigenvalue weighted by molar-refractivity contribution is -0.119. The minimum Gasteiger partial charge on any atom is -0.313 e. The van der Waals surface area contributed by atoms with Crippen molar-refractivity contribution in [1.29, 1.82) is 0 Å². The number of hydrogen-bond donors (Lipinski definition) is 0. The average molecular weight is 480 g/mol. The highest BCUT2D eigenvalue weighted by molar-refractivity contribution is 7.99. The van der Waals surface area contributed by atoms with Gasteiger partial charge in [-0.1, -0.05) is 35.5 Å². The number of halogens is 1. The number of aromatic nitrogens is 4. The van der Waals surface area contributed by atoms with Gasteiger partial charge in [0, 0.05) is 29.4 Å². The van der Waals surface area contributed by atoms with E-state index in [1.165, 1.54) is 11.8 Å². The number of rotatable bonds is 5. The smallest absolute Gasteiger partial charge is 0.265 e. The van der Waals surface area contributed by atoms with Gasteiger partial charge in [0.25, 0.3) is 5.56 Å². The first-order chi connectivity index (χ1) is 16.0. The fraction of sp³-hybridized carbons (Fsp3) is 0.250. The third kappa shape index (κ3) is 3.94. The predicted octanol–water partition coefficient (Wildman–Crippen LogP) is 4.63. The first-order valence-corrected chi connectivity index (χ1v) is 12.1. The Labute approximate surface area is 200 Å². The highest BCUT2D eigenvalue weighted by Crippen LogP contribution is 2.34. The molecule has 0 fully saturated rings. The van der Waals surface area contributed by atoms with Crippen molar-refractivity contribution in [1.82, 2.24) is 19.3 Å². The minimum absolute atomic E-state index is 0.00888. The molecule has 168 valence electrons. The Bertz CT molecular complexity index is 1410. The topological polar surface area (TPSA) is 73.0 Å². The van der Waals surface area contributed by atoms with Crippen LogP contribution in [0.2, 0.25) is 5.02 Å². The van der Waals surface area contributed by atoms with E-state index in [2.05, 4.69) is 5.10 Å². The second-order valence-corrected chi connectivity index (χ2v) is 9.41. The monoisotopic (exact) mass is 479 g/mol. The van der Waals surface area contributed by atoms with Gasteiger partial charge >= 0.3 is 0 Å². The van der Waals surface area contributed by atoms with Gasteiger partial charge in [0.15, 0.2) is 10.8 Å². The van der Waals surface area contributed by atoms with E-state index < -0.39 is 0 Å². The second-order valence-electron chi connectivity index (χ2n) is 7.99. The summed E-state index contributed by atoms with van der Waals surface area (Å²) in [6.07, 6.45) is 1.78. The van der Waals surface area contributed by atoms with Crippen molar-refractivity contribution >= 4 is 46.0 Å². The molecule has 2 aromatic carbocycles. The van der Waals surface area contributed by atoms with E-state index in [9.17, 15) is 9.59 Å². The highest BCUT2D eigenvalue weighted by Gasteiger charge is 2.31. The molecule has 0 aliphatic carbocycles. The predicted molar refractivity (Wildman–Crippen MR) is 132 cm³/mol.